The smallest absolute Gasteiger partial charge is 0.229 e. The molecule has 1 fully saturated rings. The van der Waals surface area contributed by atoms with Crippen LogP contribution in [0.1, 0.15) is 25.8 Å². The van der Waals surface area contributed by atoms with Crippen molar-refractivity contribution in [3.05, 3.63) is 29.8 Å². The van der Waals surface area contributed by atoms with Gasteiger partial charge in [0.25, 0.3) is 0 Å². The van der Waals surface area contributed by atoms with Gasteiger partial charge in [-0.1, -0.05) is 38.5 Å². The fourth-order valence-electron chi connectivity index (χ4n) is 2.52. The lowest BCUT2D eigenvalue weighted by Gasteiger charge is -2.16. The van der Waals surface area contributed by atoms with Gasteiger partial charge in [-0.3, -0.25) is 4.79 Å². The summed E-state index contributed by atoms with van der Waals surface area (Å²) < 4.78 is 0. The molecule has 1 aliphatic rings. The molecule has 1 aromatic carbocycles. The molecule has 1 saturated heterocycles. The van der Waals surface area contributed by atoms with E-state index in [1.54, 1.807) is 0 Å². The molecule has 1 heterocycles. The highest BCUT2D eigenvalue weighted by atomic mass is 16.1. The zero-order chi connectivity index (χ0) is 13.0. The van der Waals surface area contributed by atoms with Crippen molar-refractivity contribution in [2.24, 2.45) is 11.8 Å². The van der Waals surface area contributed by atoms with E-state index in [0.29, 0.717) is 5.92 Å². The lowest BCUT2D eigenvalue weighted by Crippen LogP contribution is -2.28. The van der Waals surface area contributed by atoms with Gasteiger partial charge in [-0.05, 0) is 30.5 Å². The molecule has 2 atom stereocenters. The van der Waals surface area contributed by atoms with Crippen molar-refractivity contribution in [2.45, 2.75) is 26.7 Å². The first-order valence-electron chi connectivity index (χ1n) is 6.82. The monoisotopic (exact) mass is 246 g/mol. The van der Waals surface area contributed by atoms with Gasteiger partial charge in [-0.15, -0.1) is 0 Å². The molecule has 1 aromatic rings. The van der Waals surface area contributed by atoms with Crippen molar-refractivity contribution in [3.8, 4) is 0 Å². The maximum atomic E-state index is 12.2. The van der Waals surface area contributed by atoms with Crippen molar-refractivity contribution in [2.75, 3.05) is 18.4 Å². The molecule has 0 radical (unpaired) electrons. The molecule has 0 aromatic heterocycles. The van der Waals surface area contributed by atoms with E-state index in [-0.39, 0.29) is 11.8 Å². The number of carbonyl (C=O) groups is 1. The Hall–Kier alpha value is -1.35. The summed E-state index contributed by atoms with van der Waals surface area (Å²) in [6, 6.07) is 8.09. The zero-order valence-corrected chi connectivity index (χ0v) is 11.2. The Labute approximate surface area is 109 Å². The van der Waals surface area contributed by atoms with E-state index in [2.05, 4.69) is 30.5 Å². The molecule has 18 heavy (non-hydrogen) atoms. The topological polar surface area (TPSA) is 41.1 Å². The number of anilines is 1. The third kappa shape index (κ3) is 2.91. The predicted octanol–water partition coefficient (Wildman–Crippen LogP) is 2.43. The number of hydrogen-bond donors (Lipinski definition) is 2. The van der Waals surface area contributed by atoms with Crippen LogP contribution in [0.15, 0.2) is 24.3 Å². The zero-order valence-electron chi connectivity index (χ0n) is 11.2. The minimum Gasteiger partial charge on any atom is -0.326 e. The van der Waals surface area contributed by atoms with E-state index >= 15 is 0 Å². The Morgan fingerprint density at radius 2 is 2.17 bits per heavy atom. The molecule has 3 heteroatoms. The SMILES string of the molecule is CCCc1ccccc1NC(=O)C1CNCC1C. The van der Waals surface area contributed by atoms with E-state index in [4.69, 9.17) is 0 Å². The molecule has 2 rings (SSSR count). The van der Waals surface area contributed by atoms with Crippen molar-refractivity contribution in [1.29, 1.82) is 0 Å². The lowest BCUT2D eigenvalue weighted by molar-refractivity contribution is -0.120. The molecule has 1 amide bonds. The van der Waals surface area contributed by atoms with Crippen molar-refractivity contribution >= 4 is 11.6 Å². The van der Waals surface area contributed by atoms with E-state index in [0.717, 1.165) is 31.6 Å². The number of rotatable bonds is 4. The highest BCUT2D eigenvalue weighted by Gasteiger charge is 2.29. The van der Waals surface area contributed by atoms with Crippen LogP contribution in [0, 0.1) is 11.8 Å². The molecule has 98 valence electrons. The molecule has 0 aliphatic carbocycles. The third-order valence-corrected chi connectivity index (χ3v) is 3.65. The largest absolute Gasteiger partial charge is 0.326 e. The second kappa shape index (κ2) is 6.01. The molecule has 2 unspecified atom stereocenters. The van der Waals surface area contributed by atoms with Crippen molar-refractivity contribution < 1.29 is 4.79 Å². The van der Waals surface area contributed by atoms with E-state index in [9.17, 15) is 4.79 Å². The number of benzene rings is 1. The average Bonchev–Trinajstić information content (AvgIpc) is 2.78. The van der Waals surface area contributed by atoms with Crippen LogP contribution in [-0.2, 0) is 11.2 Å². The standard InChI is InChI=1S/C15H22N2O/c1-3-6-12-7-4-5-8-14(12)17-15(18)13-10-16-9-11(13)2/h4-5,7-8,11,13,16H,3,6,9-10H2,1-2H3,(H,17,18). The van der Waals surface area contributed by atoms with Crippen LogP contribution in [-0.4, -0.2) is 19.0 Å². The fourth-order valence-corrected chi connectivity index (χ4v) is 2.52. The van der Waals surface area contributed by atoms with Crippen molar-refractivity contribution in [1.82, 2.24) is 5.32 Å². The molecular formula is C15H22N2O. The van der Waals surface area contributed by atoms with Crippen LogP contribution in [0.3, 0.4) is 0 Å². The Morgan fingerprint density at radius 3 is 2.83 bits per heavy atom. The quantitative estimate of drug-likeness (QED) is 0.856. The highest BCUT2D eigenvalue weighted by Crippen LogP contribution is 2.21. The van der Waals surface area contributed by atoms with Gasteiger partial charge in [-0.2, -0.15) is 0 Å². The summed E-state index contributed by atoms with van der Waals surface area (Å²) in [6.45, 7) is 6.02. The molecule has 0 bridgehead atoms. The Balaban J connectivity index is 2.06. The van der Waals surface area contributed by atoms with Crippen LogP contribution in [0.2, 0.25) is 0 Å². The van der Waals surface area contributed by atoms with Gasteiger partial charge in [0.1, 0.15) is 0 Å². The molecule has 0 spiro atoms. The van der Waals surface area contributed by atoms with Crippen LogP contribution >= 0.6 is 0 Å². The summed E-state index contributed by atoms with van der Waals surface area (Å²) in [5, 5.41) is 6.36. The fraction of sp³-hybridized carbons (Fsp3) is 0.533. The van der Waals surface area contributed by atoms with Crippen LogP contribution in [0.5, 0.6) is 0 Å². The first-order chi connectivity index (χ1) is 8.72. The van der Waals surface area contributed by atoms with Gasteiger partial charge in [0.05, 0.1) is 5.92 Å². The number of nitrogens with one attached hydrogen (secondary N) is 2. The second-order valence-electron chi connectivity index (χ2n) is 5.14. The Bertz CT molecular complexity index is 417. The molecular weight excluding hydrogens is 224 g/mol. The minimum absolute atomic E-state index is 0.0969. The van der Waals surface area contributed by atoms with Crippen LogP contribution < -0.4 is 10.6 Å². The molecule has 0 saturated carbocycles. The van der Waals surface area contributed by atoms with E-state index in [1.807, 2.05) is 18.2 Å². The van der Waals surface area contributed by atoms with Crippen LogP contribution in [0.25, 0.3) is 0 Å². The average molecular weight is 246 g/mol. The number of carbonyl (C=O) groups excluding carboxylic acids is 1. The summed E-state index contributed by atoms with van der Waals surface area (Å²) in [6.07, 6.45) is 2.10. The molecule has 1 aliphatic heterocycles. The van der Waals surface area contributed by atoms with Crippen molar-refractivity contribution in [3.63, 3.8) is 0 Å². The third-order valence-electron chi connectivity index (χ3n) is 3.65. The highest BCUT2D eigenvalue weighted by molar-refractivity contribution is 5.93. The van der Waals surface area contributed by atoms with Gasteiger partial charge >= 0.3 is 0 Å². The molecule has 2 N–H and O–H groups in total. The Kier molecular flexibility index (Phi) is 4.37. The maximum Gasteiger partial charge on any atom is 0.229 e. The first-order valence-corrected chi connectivity index (χ1v) is 6.82. The number of hydrogen-bond acceptors (Lipinski definition) is 2. The van der Waals surface area contributed by atoms with Gasteiger partial charge in [0, 0.05) is 12.2 Å². The number of aryl methyl sites for hydroxylation is 1. The summed E-state index contributed by atoms with van der Waals surface area (Å²) in [4.78, 5) is 12.2. The Morgan fingerprint density at radius 1 is 1.39 bits per heavy atom. The van der Waals surface area contributed by atoms with Crippen LogP contribution in [0.4, 0.5) is 5.69 Å². The predicted molar refractivity (Wildman–Crippen MR) is 74.6 cm³/mol. The van der Waals surface area contributed by atoms with E-state index < -0.39 is 0 Å². The number of amides is 1. The summed E-state index contributed by atoms with van der Waals surface area (Å²) >= 11 is 0. The number of para-hydroxylation sites is 1. The summed E-state index contributed by atoms with van der Waals surface area (Å²) in [7, 11) is 0. The van der Waals surface area contributed by atoms with Gasteiger partial charge in [-0.25, -0.2) is 0 Å². The van der Waals surface area contributed by atoms with E-state index in [1.165, 1.54) is 5.56 Å². The van der Waals surface area contributed by atoms with Gasteiger partial charge < -0.3 is 10.6 Å². The van der Waals surface area contributed by atoms with Gasteiger partial charge in [0.2, 0.25) is 5.91 Å². The minimum atomic E-state index is 0.0969. The summed E-state index contributed by atoms with van der Waals surface area (Å²) in [5.41, 5.74) is 2.20. The molecule has 3 nitrogen and oxygen atoms in total. The summed E-state index contributed by atoms with van der Waals surface area (Å²) in [5.74, 6) is 0.666. The maximum absolute atomic E-state index is 12.2. The first kappa shape index (κ1) is 13.1. The normalized spacial score (nSPS) is 23.0. The second-order valence-corrected chi connectivity index (χ2v) is 5.14. The lowest BCUT2D eigenvalue weighted by atomic mass is 9.97. The van der Waals surface area contributed by atoms with Gasteiger partial charge in [0.15, 0.2) is 0 Å².